The van der Waals surface area contributed by atoms with E-state index in [1.165, 1.54) is 0 Å². The number of benzene rings is 1. The van der Waals surface area contributed by atoms with E-state index in [1.807, 2.05) is 0 Å². The van der Waals surface area contributed by atoms with Crippen molar-refractivity contribution in [2.75, 3.05) is 13.3 Å². The van der Waals surface area contributed by atoms with Gasteiger partial charge in [0.25, 0.3) is 16.4 Å². The number of ether oxygens (including phenoxy) is 1. The highest BCUT2D eigenvalue weighted by Crippen LogP contribution is 2.47. The molecule has 0 N–H and O–H groups in total. The van der Waals surface area contributed by atoms with E-state index in [0.717, 1.165) is 22.5 Å². The zero-order valence-corrected chi connectivity index (χ0v) is 23.8. The van der Waals surface area contributed by atoms with Crippen molar-refractivity contribution in [3.63, 3.8) is 0 Å². The van der Waals surface area contributed by atoms with Gasteiger partial charge in [0.1, 0.15) is 12.4 Å². The van der Waals surface area contributed by atoms with Crippen LogP contribution in [0.4, 0.5) is 17.6 Å². The quantitative estimate of drug-likeness (QED) is 0.0837. The van der Waals surface area contributed by atoms with E-state index >= 15 is 0 Å². The Morgan fingerprint density at radius 1 is 1.26 bits per heavy atom. The first-order valence-corrected chi connectivity index (χ1v) is 17.7. The minimum Gasteiger partial charge on any atom is -0.365 e. The maximum atomic E-state index is 13.8. The van der Waals surface area contributed by atoms with Crippen LogP contribution in [0.1, 0.15) is 30.8 Å². The minimum atomic E-state index is -4.41. The number of aromatic nitrogens is 4. The van der Waals surface area contributed by atoms with Gasteiger partial charge in [-0.3, -0.25) is 4.85 Å². The highest BCUT2D eigenvalue weighted by atomic mass is 35.5. The third kappa shape index (κ3) is 5.58. The molecule has 2 heterocycles. The lowest BCUT2D eigenvalue weighted by molar-refractivity contribution is 0.0617. The van der Waals surface area contributed by atoms with Crippen LogP contribution in [0, 0.1) is 6.57 Å². The molecule has 17 heteroatoms. The fourth-order valence-corrected chi connectivity index (χ4v) is 7.16. The molecule has 206 valence electrons. The number of rotatable bonds is 11. The predicted molar refractivity (Wildman–Crippen MR) is 136 cm³/mol. The average molecular weight is 611 g/mol. The van der Waals surface area contributed by atoms with Gasteiger partial charge in [0.15, 0.2) is 10.0 Å². The number of hydrogen-bond acceptors (Lipinski definition) is 7. The van der Waals surface area contributed by atoms with E-state index in [-0.39, 0.29) is 42.9 Å². The molecule has 0 bridgehead atoms. The van der Waals surface area contributed by atoms with Crippen molar-refractivity contribution in [2.45, 2.75) is 62.1 Å². The molecule has 0 amide bonds. The van der Waals surface area contributed by atoms with Crippen molar-refractivity contribution in [3.8, 4) is 10.7 Å². The summed E-state index contributed by atoms with van der Waals surface area (Å²) in [6, 6.07) is 2.86. The Bertz CT molecular complexity index is 1500. The lowest BCUT2D eigenvalue weighted by atomic mass is 10.2. The Kier molecular flexibility index (Phi) is 7.92. The van der Waals surface area contributed by atoms with E-state index < -0.39 is 41.7 Å². The van der Waals surface area contributed by atoms with E-state index in [0.29, 0.717) is 30.8 Å². The summed E-state index contributed by atoms with van der Waals surface area (Å²) in [5.41, 5.74) is -1.89. The van der Waals surface area contributed by atoms with Crippen LogP contribution in [0.5, 0.6) is 0 Å². The number of sulfonamides is 1. The second-order valence-corrected chi connectivity index (χ2v) is 18.8. The van der Waals surface area contributed by atoms with Gasteiger partial charge in [0.05, 0.1) is 28.3 Å². The smallest absolute Gasteiger partial charge is 0.333 e. The zero-order chi connectivity index (χ0) is 28.0. The first-order valence-electron chi connectivity index (χ1n) is 11.3. The molecule has 0 aliphatic heterocycles. The largest absolute Gasteiger partial charge is 0.365 e. The molecule has 3 aromatic rings. The Hall–Kier alpha value is -2.16. The van der Waals surface area contributed by atoms with Crippen LogP contribution in [0.15, 0.2) is 17.0 Å². The number of fused-ring (bicyclic) bond motifs is 1. The van der Waals surface area contributed by atoms with E-state index in [9.17, 15) is 26.0 Å². The van der Waals surface area contributed by atoms with Crippen LogP contribution in [0.25, 0.3) is 26.4 Å². The molecule has 0 atom stereocenters. The number of halogens is 5. The Morgan fingerprint density at radius 2 is 1.95 bits per heavy atom. The number of alkyl halides is 4. The number of hydrogen-bond donors (Lipinski definition) is 0. The maximum Gasteiger partial charge on any atom is 0.333 e. The minimum absolute atomic E-state index is 0.138. The molecule has 1 aromatic carbocycles. The van der Waals surface area contributed by atoms with Crippen LogP contribution in [0.2, 0.25) is 30.7 Å². The molecular formula is C21H23ClF4N6O3S2Si. The van der Waals surface area contributed by atoms with Gasteiger partial charge in [0.2, 0.25) is 0 Å². The van der Waals surface area contributed by atoms with Gasteiger partial charge < -0.3 is 4.74 Å². The summed E-state index contributed by atoms with van der Waals surface area (Å²) in [6.45, 7) is 10.8. The third-order valence-corrected chi connectivity index (χ3v) is 10.7. The van der Waals surface area contributed by atoms with Crippen LogP contribution < -0.4 is 0 Å². The first kappa shape index (κ1) is 28.8. The molecule has 2 aromatic heterocycles. The standard InChI is InChI=1S/C21H23ClF4N6O3S2Si/c1-27-21(5-6-21)31(11-35-7-8-38(2,3)4)37(33,34)12-9-13-15(18-28-29-19(36-18)17(23)24)30-32(20(25)26)16(13)14(22)10-12/h9-10,17,20H,5-8,11H2,2-4H3. The second-order valence-electron chi connectivity index (χ2n) is 9.91. The molecule has 4 rings (SSSR count). The second kappa shape index (κ2) is 10.4. The van der Waals surface area contributed by atoms with Gasteiger partial charge in [-0.2, -0.15) is 13.9 Å². The van der Waals surface area contributed by atoms with Crippen molar-refractivity contribution in [1.82, 2.24) is 24.3 Å². The lowest BCUT2D eigenvalue weighted by Crippen LogP contribution is -2.42. The maximum absolute atomic E-state index is 13.8. The molecule has 9 nitrogen and oxygen atoms in total. The molecule has 1 aliphatic rings. The van der Waals surface area contributed by atoms with Crippen molar-refractivity contribution in [3.05, 3.63) is 33.6 Å². The van der Waals surface area contributed by atoms with Crippen LogP contribution in [-0.2, 0) is 14.8 Å². The first-order chi connectivity index (χ1) is 17.7. The van der Waals surface area contributed by atoms with Crippen LogP contribution in [0.3, 0.4) is 0 Å². The number of nitrogens with zero attached hydrogens (tertiary/aromatic N) is 6. The summed E-state index contributed by atoms with van der Waals surface area (Å²) in [5.74, 6) is 0. The normalized spacial score (nSPS) is 15.6. The molecule has 0 saturated heterocycles. The topological polar surface area (TPSA) is 94.6 Å². The molecule has 1 saturated carbocycles. The molecule has 0 spiro atoms. The molecule has 1 aliphatic carbocycles. The molecule has 0 unspecified atom stereocenters. The summed E-state index contributed by atoms with van der Waals surface area (Å²) >= 11 is 6.74. The summed E-state index contributed by atoms with van der Waals surface area (Å²) in [4.78, 5) is 3.15. The van der Waals surface area contributed by atoms with Gasteiger partial charge in [-0.25, -0.2) is 28.5 Å². The van der Waals surface area contributed by atoms with Gasteiger partial charge in [-0.05, 0) is 18.2 Å². The van der Waals surface area contributed by atoms with Gasteiger partial charge in [0, 0.05) is 20.1 Å². The SMILES string of the molecule is [C-]#[N+]C1(N(COCC[Si](C)(C)C)S(=O)(=O)c2cc(Cl)c3c(c2)c(-c2nnc(C(F)F)s2)nn3C(F)F)CC1. The molecular weight excluding hydrogens is 588 g/mol. The Morgan fingerprint density at radius 3 is 2.47 bits per heavy atom. The molecule has 0 radical (unpaired) electrons. The summed E-state index contributed by atoms with van der Waals surface area (Å²) in [6.07, 6.45) is -2.33. The van der Waals surface area contributed by atoms with Gasteiger partial charge in [-0.1, -0.05) is 46.9 Å². The molecule has 1 fully saturated rings. The van der Waals surface area contributed by atoms with Crippen molar-refractivity contribution < 1.29 is 30.7 Å². The van der Waals surface area contributed by atoms with Gasteiger partial charge in [-0.15, -0.1) is 10.2 Å². The summed E-state index contributed by atoms with van der Waals surface area (Å²) < 4.78 is 88.3. The van der Waals surface area contributed by atoms with Gasteiger partial charge >= 0.3 is 12.2 Å². The Balaban J connectivity index is 1.80. The van der Waals surface area contributed by atoms with Crippen LogP contribution >= 0.6 is 22.9 Å². The van der Waals surface area contributed by atoms with E-state index in [4.69, 9.17) is 22.9 Å². The Labute approximate surface area is 226 Å². The highest BCUT2D eigenvalue weighted by molar-refractivity contribution is 7.89. The van der Waals surface area contributed by atoms with Crippen LogP contribution in [-0.4, -0.2) is 59.8 Å². The monoisotopic (exact) mass is 610 g/mol. The van der Waals surface area contributed by atoms with Crippen molar-refractivity contribution >= 4 is 51.9 Å². The van der Waals surface area contributed by atoms with Crippen molar-refractivity contribution in [1.29, 1.82) is 0 Å². The van der Waals surface area contributed by atoms with E-state index in [2.05, 4.69) is 39.8 Å². The highest BCUT2D eigenvalue weighted by Gasteiger charge is 2.61. The molecule has 38 heavy (non-hydrogen) atoms. The predicted octanol–water partition coefficient (Wildman–Crippen LogP) is 6.25. The van der Waals surface area contributed by atoms with E-state index in [1.54, 1.807) is 0 Å². The average Bonchev–Trinajstić information content (AvgIpc) is 3.25. The fourth-order valence-electron chi connectivity index (χ4n) is 3.66. The third-order valence-electron chi connectivity index (χ3n) is 5.91. The fraction of sp³-hybridized carbons (Fsp3) is 0.524. The summed E-state index contributed by atoms with van der Waals surface area (Å²) in [7, 11) is -5.88. The van der Waals surface area contributed by atoms with Crippen molar-refractivity contribution in [2.24, 2.45) is 0 Å². The summed E-state index contributed by atoms with van der Waals surface area (Å²) in [5, 5.41) is 9.43. The zero-order valence-electron chi connectivity index (χ0n) is 20.5. The lowest BCUT2D eigenvalue weighted by Gasteiger charge is -2.24.